The number of aryl methyl sites for hydroxylation is 1. The van der Waals surface area contributed by atoms with Gasteiger partial charge in [0.15, 0.2) is 0 Å². The first-order valence-corrected chi connectivity index (χ1v) is 12.4. The highest BCUT2D eigenvalue weighted by Gasteiger charge is 2.33. The topological polar surface area (TPSA) is 76.8 Å². The van der Waals surface area contributed by atoms with Crippen LogP contribution in [-0.2, 0) is 6.42 Å². The standard InChI is InChI=1S/C27H37F2N3O3/c1-21(19-31-14-18-34-24-10-6-23(7-11-24)26(30)33)20-35-25-8-4-22(5-9-25)3-2-15-32-16-12-27(28,29)13-17-32/h4-11,21,31H,2-3,12-20H2,1H3,(H2,30,33). The van der Waals surface area contributed by atoms with Crippen molar-refractivity contribution in [3.8, 4) is 11.5 Å². The number of benzene rings is 2. The average Bonchev–Trinajstić information content (AvgIpc) is 2.84. The largest absolute Gasteiger partial charge is 0.493 e. The molecule has 35 heavy (non-hydrogen) atoms. The van der Waals surface area contributed by atoms with Crippen LogP contribution in [0.4, 0.5) is 8.78 Å². The van der Waals surface area contributed by atoms with Crippen molar-refractivity contribution < 1.29 is 23.0 Å². The zero-order chi connectivity index (χ0) is 25.1. The molecule has 1 saturated heterocycles. The van der Waals surface area contributed by atoms with Crippen LogP contribution in [0.1, 0.15) is 42.1 Å². The molecule has 1 heterocycles. The van der Waals surface area contributed by atoms with Gasteiger partial charge in [-0.2, -0.15) is 0 Å². The molecule has 1 atom stereocenters. The predicted octanol–water partition coefficient (Wildman–Crippen LogP) is 4.13. The van der Waals surface area contributed by atoms with Gasteiger partial charge in [-0.25, -0.2) is 8.78 Å². The molecule has 3 rings (SSSR count). The lowest BCUT2D eigenvalue weighted by Crippen LogP contribution is -2.39. The monoisotopic (exact) mass is 489 g/mol. The van der Waals surface area contributed by atoms with Crippen LogP contribution in [0.5, 0.6) is 11.5 Å². The van der Waals surface area contributed by atoms with E-state index < -0.39 is 11.8 Å². The van der Waals surface area contributed by atoms with Crippen molar-refractivity contribution >= 4 is 5.91 Å². The third-order valence-corrected chi connectivity index (χ3v) is 6.16. The molecule has 192 valence electrons. The van der Waals surface area contributed by atoms with Gasteiger partial charge in [0, 0.05) is 50.5 Å². The SMILES string of the molecule is CC(CNCCOc1ccc(C(N)=O)cc1)COc1ccc(CCCN2CCC(F)(F)CC2)cc1. The first-order chi connectivity index (χ1) is 16.8. The quantitative estimate of drug-likeness (QED) is 0.390. The van der Waals surface area contributed by atoms with Crippen LogP contribution < -0.4 is 20.5 Å². The van der Waals surface area contributed by atoms with Gasteiger partial charge in [-0.1, -0.05) is 19.1 Å². The second-order valence-corrected chi connectivity index (χ2v) is 9.30. The number of carbonyl (C=O) groups excluding carboxylic acids is 1. The molecule has 1 amide bonds. The fourth-order valence-corrected chi connectivity index (χ4v) is 3.97. The summed E-state index contributed by atoms with van der Waals surface area (Å²) in [6.45, 7) is 6.63. The molecule has 1 fully saturated rings. The van der Waals surface area contributed by atoms with Crippen molar-refractivity contribution in [3.63, 3.8) is 0 Å². The number of ether oxygens (including phenoxy) is 2. The van der Waals surface area contributed by atoms with E-state index in [-0.39, 0.29) is 12.8 Å². The van der Waals surface area contributed by atoms with Crippen molar-refractivity contribution in [2.45, 2.75) is 38.5 Å². The van der Waals surface area contributed by atoms with Gasteiger partial charge in [-0.15, -0.1) is 0 Å². The number of amides is 1. The molecule has 0 aliphatic carbocycles. The minimum atomic E-state index is -2.48. The molecule has 8 heteroatoms. The van der Waals surface area contributed by atoms with Crippen LogP contribution >= 0.6 is 0 Å². The smallest absolute Gasteiger partial charge is 0.250 e. The summed E-state index contributed by atoms with van der Waals surface area (Å²) in [5.41, 5.74) is 6.92. The molecule has 0 radical (unpaired) electrons. The number of hydrogen-bond acceptors (Lipinski definition) is 5. The van der Waals surface area contributed by atoms with Crippen LogP contribution in [0.3, 0.4) is 0 Å². The summed E-state index contributed by atoms with van der Waals surface area (Å²) in [4.78, 5) is 13.2. The fraction of sp³-hybridized carbons (Fsp3) is 0.519. The summed E-state index contributed by atoms with van der Waals surface area (Å²) in [7, 11) is 0. The number of hydrogen-bond donors (Lipinski definition) is 2. The number of piperidine rings is 1. The van der Waals surface area contributed by atoms with Crippen molar-refractivity contribution in [1.82, 2.24) is 10.2 Å². The number of primary amides is 1. The van der Waals surface area contributed by atoms with Crippen molar-refractivity contribution in [2.75, 3.05) is 45.9 Å². The molecule has 6 nitrogen and oxygen atoms in total. The van der Waals surface area contributed by atoms with Gasteiger partial charge in [0.25, 0.3) is 5.92 Å². The maximum atomic E-state index is 13.2. The van der Waals surface area contributed by atoms with E-state index in [1.54, 1.807) is 24.3 Å². The summed E-state index contributed by atoms with van der Waals surface area (Å²) in [5.74, 6) is -1.04. The number of nitrogens with two attached hydrogens (primary N) is 1. The maximum absolute atomic E-state index is 13.2. The molecule has 3 N–H and O–H groups in total. The number of nitrogens with one attached hydrogen (secondary N) is 1. The predicted molar refractivity (Wildman–Crippen MR) is 133 cm³/mol. The van der Waals surface area contributed by atoms with Crippen LogP contribution in [-0.4, -0.2) is 62.7 Å². The molecule has 2 aromatic carbocycles. The highest BCUT2D eigenvalue weighted by Crippen LogP contribution is 2.27. The highest BCUT2D eigenvalue weighted by molar-refractivity contribution is 5.92. The van der Waals surface area contributed by atoms with E-state index in [2.05, 4.69) is 29.3 Å². The molecule has 2 aromatic rings. The third kappa shape index (κ3) is 9.82. The summed E-state index contributed by atoms with van der Waals surface area (Å²) in [6, 6.07) is 14.9. The molecule has 0 bridgehead atoms. The molecule has 0 spiro atoms. The lowest BCUT2D eigenvalue weighted by atomic mass is 10.1. The Kier molecular flexibility index (Phi) is 10.3. The Morgan fingerprint density at radius 1 is 1.06 bits per heavy atom. The zero-order valence-electron chi connectivity index (χ0n) is 20.5. The summed E-state index contributed by atoms with van der Waals surface area (Å²) in [6.07, 6.45) is 1.87. The second-order valence-electron chi connectivity index (χ2n) is 9.30. The lowest BCUT2D eigenvalue weighted by Gasteiger charge is -2.31. The molecule has 1 unspecified atom stereocenters. The van der Waals surface area contributed by atoms with Crippen molar-refractivity contribution in [3.05, 3.63) is 59.7 Å². The van der Waals surface area contributed by atoms with Crippen LogP contribution in [0.15, 0.2) is 48.5 Å². The number of rotatable bonds is 14. The van der Waals surface area contributed by atoms with Gasteiger partial charge in [-0.3, -0.25) is 4.79 Å². The second kappa shape index (κ2) is 13.4. The third-order valence-electron chi connectivity index (χ3n) is 6.16. The Morgan fingerprint density at radius 3 is 2.34 bits per heavy atom. The number of alkyl halides is 2. The van der Waals surface area contributed by atoms with Crippen LogP contribution in [0.25, 0.3) is 0 Å². The molecular weight excluding hydrogens is 452 g/mol. The molecule has 1 aliphatic heterocycles. The minimum Gasteiger partial charge on any atom is -0.493 e. The molecular formula is C27H37F2N3O3. The van der Waals surface area contributed by atoms with Gasteiger partial charge in [0.05, 0.1) is 6.61 Å². The van der Waals surface area contributed by atoms with Crippen LogP contribution in [0.2, 0.25) is 0 Å². The molecule has 1 aliphatic rings. The minimum absolute atomic E-state index is 0.0190. The van der Waals surface area contributed by atoms with E-state index in [4.69, 9.17) is 15.2 Å². The van der Waals surface area contributed by atoms with Gasteiger partial charge >= 0.3 is 0 Å². The van der Waals surface area contributed by atoms with Crippen molar-refractivity contribution in [1.29, 1.82) is 0 Å². The summed E-state index contributed by atoms with van der Waals surface area (Å²) in [5, 5.41) is 3.36. The van der Waals surface area contributed by atoms with Crippen LogP contribution in [0, 0.1) is 5.92 Å². The summed E-state index contributed by atoms with van der Waals surface area (Å²) < 4.78 is 38.0. The molecule has 0 saturated carbocycles. The van der Waals surface area contributed by atoms with Crippen molar-refractivity contribution in [2.24, 2.45) is 11.7 Å². The van der Waals surface area contributed by atoms with E-state index in [1.807, 2.05) is 12.1 Å². The van der Waals surface area contributed by atoms with E-state index in [0.717, 1.165) is 31.7 Å². The van der Waals surface area contributed by atoms with Gasteiger partial charge in [-0.05, 0) is 61.3 Å². The Bertz CT molecular complexity index is 897. The Hall–Kier alpha value is -2.71. The Balaban J connectivity index is 1.23. The first kappa shape index (κ1) is 26.9. The Morgan fingerprint density at radius 2 is 1.69 bits per heavy atom. The fourth-order valence-electron chi connectivity index (χ4n) is 3.97. The summed E-state index contributed by atoms with van der Waals surface area (Å²) >= 11 is 0. The number of halogens is 2. The van der Waals surface area contributed by atoms with E-state index >= 15 is 0 Å². The van der Waals surface area contributed by atoms with E-state index in [9.17, 15) is 13.6 Å². The highest BCUT2D eigenvalue weighted by atomic mass is 19.3. The zero-order valence-corrected chi connectivity index (χ0v) is 20.5. The first-order valence-electron chi connectivity index (χ1n) is 12.4. The van der Waals surface area contributed by atoms with E-state index in [1.165, 1.54) is 5.56 Å². The maximum Gasteiger partial charge on any atom is 0.250 e. The van der Waals surface area contributed by atoms with Gasteiger partial charge in [0.1, 0.15) is 18.1 Å². The number of carbonyl (C=O) groups is 1. The average molecular weight is 490 g/mol. The number of nitrogens with zero attached hydrogens (tertiary/aromatic N) is 1. The molecule has 0 aromatic heterocycles. The lowest BCUT2D eigenvalue weighted by molar-refractivity contribution is -0.0551. The van der Waals surface area contributed by atoms with E-state index in [0.29, 0.717) is 50.1 Å². The number of likely N-dealkylation sites (tertiary alicyclic amines) is 1. The Labute approximate surface area is 206 Å². The normalized spacial score (nSPS) is 16.5. The van der Waals surface area contributed by atoms with Gasteiger partial charge in [0.2, 0.25) is 5.91 Å². The van der Waals surface area contributed by atoms with Gasteiger partial charge < -0.3 is 25.4 Å².